The van der Waals surface area contributed by atoms with Gasteiger partial charge in [0.05, 0.1) is 17.7 Å². The molecule has 2 rings (SSSR count). The number of nitrogens with zero attached hydrogens (tertiary/aromatic N) is 1. The summed E-state index contributed by atoms with van der Waals surface area (Å²) in [5, 5.41) is 2.02. The summed E-state index contributed by atoms with van der Waals surface area (Å²) >= 11 is 0. The number of allylic oxidation sites excluding steroid dienone is 1. The molecule has 162 valence electrons. The maximum absolute atomic E-state index is 12.3. The van der Waals surface area contributed by atoms with Gasteiger partial charge in [-0.05, 0) is 12.5 Å². The minimum absolute atomic E-state index is 0.0252. The molecule has 1 N–H and O–H groups in total. The minimum atomic E-state index is -4.14. The molecule has 0 bridgehead atoms. The number of carbonyl (C=O) groups is 3. The highest BCUT2D eigenvalue weighted by atomic mass is 32.2. The second kappa shape index (κ2) is 15.7. The van der Waals surface area contributed by atoms with Gasteiger partial charge in [-0.25, -0.2) is 12.7 Å². The maximum Gasteiger partial charge on any atom is 0.269 e. The molecule has 9 heteroatoms. The number of hydrogen-bond donors (Lipinski definition) is 1. The molecule has 2 aliphatic heterocycles. The molecular formula is C19H33FN2O5S. The summed E-state index contributed by atoms with van der Waals surface area (Å²) in [6.07, 6.45) is 2.09. The van der Waals surface area contributed by atoms with Crippen molar-refractivity contribution in [2.45, 2.75) is 60.4 Å². The number of piperidine rings is 1. The van der Waals surface area contributed by atoms with Gasteiger partial charge in [0.2, 0.25) is 5.91 Å². The van der Waals surface area contributed by atoms with Crippen LogP contribution in [0.4, 0.5) is 4.39 Å². The zero-order valence-electron chi connectivity index (χ0n) is 17.8. The molecule has 3 amide bonds. The predicted octanol–water partition coefficient (Wildman–Crippen LogP) is 3.25. The SMILES string of the molecule is C=CC1=C(C=C)S(=O)(=O)N(C2CCC(=O)NC2=O)C1=O.CC.CC.CC.CF. The van der Waals surface area contributed by atoms with E-state index in [1.165, 1.54) is 0 Å². The highest BCUT2D eigenvalue weighted by Crippen LogP contribution is 2.33. The van der Waals surface area contributed by atoms with Crippen LogP contribution in [-0.2, 0) is 24.4 Å². The van der Waals surface area contributed by atoms with Crippen LogP contribution in [-0.4, -0.2) is 43.7 Å². The molecule has 1 unspecified atom stereocenters. The van der Waals surface area contributed by atoms with Crippen LogP contribution >= 0.6 is 0 Å². The number of sulfonamides is 1. The number of carbonyl (C=O) groups excluding carboxylic acids is 3. The Kier molecular flexibility index (Phi) is 17.1. The molecule has 1 fully saturated rings. The molecular weight excluding hydrogens is 387 g/mol. The number of rotatable bonds is 3. The Labute approximate surface area is 168 Å². The highest BCUT2D eigenvalue weighted by molar-refractivity contribution is 7.94. The molecule has 0 saturated carbocycles. The fourth-order valence-corrected chi connectivity index (χ4v) is 3.92. The molecule has 0 aliphatic carbocycles. The molecule has 1 saturated heterocycles. The first-order valence-corrected chi connectivity index (χ1v) is 10.6. The lowest BCUT2D eigenvalue weighted by molar-refractivity contribution is -0.140. The number of alkyl halides is 1. The Bertz CT molecular complexity index is 684. The van der Waals surface area contributed by atoms with Gasteiger partial charge in [0, 0.05) is 6.42 Å². The first-order valence-electron chi connectivity index (χ1n) is 9.14. The largest absolute Gasteiger partial charge is 0.295 e. The van der Waals surface area contributed by atoms with Crippen LogP contribution in [0.1, 0.15) is 54.4 Å². The van der Waals surface area contributed by atoms with Crippen LogP contribution in [0, 0.1) is 0 Å². The molecule has 2 heterocycles. The van der Waals surface area contributed by atoms with E-state index in [1.54, 1.807) is 0 Å². The lowest BCUT2D eigenvalue weighted by Gasteiger charge is -2.28. The molecule has 0 aromatic rings. The van der Waals surface area contributed by atoms with Crippen LogP contribution in [0.3, 0.4) is 0 Å². The smallest absolute Gasteiger partial charge is 0.269 e. The molecule has 1 atom stereocenters. The number of hydrogen-bond acceptors (Lipinski definition) is 5. The lowest BCUT2D eigenvalue weighted by Crippen LogP contribution is -2.54. The lowest BCUT2D eigenvalue weighted by atomic mass is 10.1. The molecule has 7 nitrogen and oxygen atoms in total. The van der Waals surface area contributed by atoms with Crippen molar-refractivity contribution < 1.29 is 27.2 Å². The third kappa shape index (κ3) is 6.70. The van der Waals surface area contributed by atoms with Gasteiger partial charge in [-0.1, -0.05) is 60.8 Å². The predicted molar refractivity (Wildman–Crippen MR) is 110 cm³/mol. The Morgan fingerprint density at radius 1 is 1.00 bits per heavy atom. The Morgan fingerprint density at radius 3 is 1.79 bits per heavy atom. The van der Waals surface area contributed by atoms with Crippen LogP contribution in [0.5, 0.6) is 0 Å². The average Bonchev–Trinajstić information content (AvgIpc) is 2.92. The van der Waals surface area contributed by atoms with E-state index in [0.717, 1.165) is 12.2 Å². The standard InChI is InChI=1S/C12H12N2O5S.3C2H6.CH3F/c1-3-7-9(4-2)20(18,19)14(12(7)17)8-5-6-10(15)13-11(8)16;4*1-2/h3-4,8H,1-2,5-6H2,(H,13,15,16);3*1-2H3;1H3. The highest BCUT2D eigenvalue weighted by Gasteiger charge is 2.48. The average molecular weight is 421 g/mol. The summed E-state index contributed by atoms with van der Waals surface area (Å²) < 4.78 is 34.6. The third-order valence-electron chi connectivity index (χ3n) is 3.12. The Morgan fingerprint density at radius 2 is 1.46 bits per heavy atom. The van der Waals surface area contributed by atoms with Crippen molar-refractivity contribution in [2.75, 3.05) is 7.18 Å². The zero-order valence-corrected chi connectivity index (χ0v) is 18.7. The molecule has 0 aromatic carbocycles. The summed E-state index contributed by atoms with van der Waals surface area (Å²) in [6.45, 7) is 18.8. The first kappa shape index (κ1) is 30.4. The van der Waals surface area contributed by atoms with Crippen LogP contribution in [0.25, 0.3) is 0 Å². The first-order chi connectivity index (χ1) is 13.3. The molecule has 0 spiro atoms. The van der Waals surface area contributed by atoms with Gasteiger partial charge < -0.3 is 0 Å². The number of nitrogens with one attached hydrogen (secondary N) is 1. The van der Waals surface area contributed by atoms with Gasteiger partial charge in [0.25, 0.3) is 21.8 Å². The van der Waals surface area contributed by atoms with Gasteiger partial charge in [0.15, 0.2) is 0 Å². The van der Waals surface area contributed by atoms with Crippen molar-refractivity contribution in [3.8, 4) is 0 Å². The quantitative estimate of drug-likeness (QED) is 0.706. The van der Waals surface area contributed by atoms with E-state index in [1.807, 2.05) is 46.9 Å². The van der Waals surface area contributed by atoms with Gasteiger partial charge in [-0.3, -0.25) is 24.1 Å². The van der Waals surface area contributed by atoms with Gasteiger partial charge in [0.1, 0.15) is 6.04 Å². The Balaban J connectivity index is -0.000000695. The van der Waals surface area contributed by atoms with Crippen molar-refractivity contribution in [1.82, 2.24) is 9.62 Å². The van der Waals surface area contributed by atoms with E-state index < -0.39 is 33.8 Å². The van der Waals surface area contributed by atoms with Crippen molar-refractivity contribution in [1.29, 1.82) is 0 Å². The van der Waals surface area contributed by atoms with E-state index in [0.29, 0.717) is 11.5 Å². The maximum atomic E-state index is 12.3. The van der Waals surface area contributed by atoms with Gasteiger partial charge >= 0.3 is 0 Å². The fourth-order valence-electron chi connectivity index (χ4n) is 2.20. The van der Waals surface area contributed by atoms with Crippen LogP contribution < -0.4 is 5.32 Å². The van der Waals surface area contributed by atoms with E-state index in [2.05, 4.69) is 13.2 Å². The fraction of sp³-hybridized carbons (Fsp3) is 0.526. The van der Waals surface area contributed by atoms with Crippen LogP contribution in [0.2, 0.25) is 0 Å². The molecule has 0 radical (unpaired) electrons. The minimum Gasteiger partial charge on any atom is -0.295 e. The van der Waals surface area contributed by atoms with Crippen molar-refractivity contribution in [2.24, 2.45) is 0 Å². The van der Waals surface area contributed by atoms with Crippen molar-refractivity contribution in [3.63, 3.8) is 0 Å². The van der Waals surface area contributed by atoms with E-state index in [9.17, 15) is 27.2 Å². The number of amides is 3. The molecule has 2 aliphatic rings. The van der Waals surface area contributed by atoms with Crippen LogP contribution in [0.15, 0.2) is 35.8 Å². The second-order valence-corrected chi connectivity index (χ2v) is 6.04. The Hall–Kier alpha value is -2.29. The van der Waals surface area contributed by atoms with E-state index >= 15 is 0 Å². The number of imide groups is 1. The molecule has 28 heavy (non-hydrogen) atoms. The zero-order chi connectivity index (χ0) is 23.1. The monoisotopic (exact) mass is 420 g/mol. The van der Waals surface area contributed by atoms with Crippen molar-refractivity contribution in [3.05, 3.63) is 35.8 Å². The second-order valence-electron chi connectivity index (χ2n) is 4.26. The van der Waals surface area contributed by atoms with E-state index in [-0.39, 0.29) is 23.3 Å². The normalized spacial score (nSPS) is 19.2. The topological polar surface area (TPSA) is 101 Å². The summed E-state index contributed by atoms with van der Waals surface area (Å²) in [5.41, 5.74) is -0.121. The van der Waals surface area contributed by atoms with E-state index in [4.69, 9.17) is 0 Å². The van der Waals surface area contributed by atoms with Gasteiger partial charge in [-0.2, -0.15) is 0 Å². The van der Waals surface area contributed by atoms with Gasteiger partial charge in [-0.15, -0.1) is 0 Å². The summed E-state index contributed by atoms with van der Waals surface area (Å²) in [4.78, 5) is 34.7. The van der Waals surface area contributed by atoms with Crippen molar-refractivity contribution >= 4 is 27.7 Å². The summed E-state index contributed by atoms with van der Waals surface area (Å²) in [7, 11) is -3.64. The number of halogens is 1. The molecule has 0 aromatic heterocycles. The summed E-state index contributed by atoms with van der Waals surface area (Å²) in [5.74, 6) is -2.12. The third-order valence-corrected chi connectivity index (χ3v) is 5.00. The summed E-state index contributed by atoms with van der Waals surface area (Å²) in [6, 6.07) is -1.22.